The number of hydrogen-bond acceptors (Lipinski definition) is 3. The van der Waals surface area contributed by atoms with Gasteiger partial charge in [0.25, 0.3) is 5.56 Å². The van der Waals surface area contributed by atoms with Gasteiger partial charge in [0.05, 0.1) is 5.69 Å². The van der Waals surface area contributed by atoms with Gasteiger partial charge < -0.3 is 4.98 Å². The first-order valence-electron chi connectivity index (χ1n) is 5.79. The van der Waals surface area contributed by atoms with Gasteiger partial charge in [0, 0.05) is 12.0 Å². The van der Waals surface area contributed by atoms with Gasteiger partial charge in [-0.2, -0.15) is 0 Å². The van der Waals surface area contributed by atoms with Crippen molar-refractivity contribution >= 4 is 11.8 Å². The smallest absolute Gasteiger partial charge is 0.254 e. The van der Waals surface area contributed by atoms with Crippen LogP contribution in [0.5, 0.6) is 0 Å². The molecule has 2 rings (SSSR count). The quantitative estimate of drug-likeness (QED) is 0.681. The predicted molar refractivity (Wildman–Crippen MR) is 75.4 cm³/mol. The zero-order valence-electron chi connectivity index (χ0n) is 10.8. The van der Waals surface area contributed by atoms with Crippen LogP contribution in [0.4, 0.5) is 0 Å². The van der Waals surface area contributed by atoms with E-state index in [4.69, 9.17) is 0 Å². The van der Waals surface area contributed by atoms with Crippen LogP contribution < -0.4 is 5.56 Å². The van der Waals surface area contributed by atoms with Gasteiger partial charge in [0.15, 0.2) is 5.16 Å². The largest absolute Gasteiger partial charge is 0.301 e. The second kappa shape index (κ2) is 5.40. The number of H-pyrrole nitrogens is 1. The van der Waals surface area contributed by atoms with Crippen molar-refractivity contribution in [2.45, 2.75) is 25.4 Å². The number of aromatic nitrogens is 2. The molecular weight excluding hydrogens is 244 g/mol. The van der Waals surface area contributed by atoms with E-state index in [9.17, 15) is 4.79 Å². The molecule has 0 aliphatic carbocycles. The van der Waals surface area contributed by atoms with Crippen LogP contribution in [0.15, 0.2) is 34.2 Å². The summed E-state index contributed by atoms with van der Waals surface area (Å²) in [5.74, 6) is 0. The molecule has 4 heteroatoms. The van der Waals surface area contributed by atoms with E-state index in [0.29, 0.717) is 17.1 Å². The van der Waals surface area contributed by atoms with E-state index in [0.717, 1.165) is 5.69 Å². The first-order chi connectivity index (χ1) is 8.60. The second-order valence-corrected chi connectivity index (χ2v) is 5.11. The van der Waals surface area contributed by atoms with Gasteiger partial charge in [-0.25, -0.2) is 4.98 Å². The highest BCUT2D eigenvalue weighted by Gasteiger charge is 2.08. The lowest BCUT2D eigenvalue weighted by Gasteiger charge is -2.07. The molecule has 0 atom stereocenters. The minimum atomic E-state index is -0.0444. The molecule has 0 spiro atoms. The summed E-state index contributed by atoms with van der Waals surface area (Å²) in [6.07, 6.45) is 2.61. The topological polar surface area (TPSA) is 45.8 Å². The Morgan fingerprint density at radius 3 is 2.78 bits per heavy atom. The molecular formula is C14H16N2OS. The van der Waals surface area contributed by atoms with Crippen LogP contribution in [-0.2, 0) is 6.42 Å². The van der Waals surface area contributed by atoms with Crippen LogP contribution in [0.2, 0.25) is 0 Å². The minimum Gasteiger partial charge on any atom is -0.301 e. The molecule has 3 nitrogen and oxygen atoms in total. The lowest BCUT2D eigenvalue weighted by Crippen LogP contribution is -2.16. The Bertz CT molecular complexity index is 619. The summed E-state index contributed by atoms with van der Waals surface area (Å²) >= 11 is 1.45. The van der Waals surface area contributed by atoms with Gasteiger partial charge in [-0.3, -0.25) is 4.79 Å². The molecule has 0 fully saturated rings. The van der Waals surface area contributed by atoms with E-state index in [-0.39, 0.29) is 5.56 Å². The number of aryl methyl sites for hydroxylation is 1. The number of benzene rings is 1. The van der Waals surface area contributed by atoms with Crippen molar-refractivity contribution in [1.82, 2.24) is 9.97 Å². The lowest BCUT2D eigenvalue weighted by atomic mass is 10.0. The molecule has 0 amide bonds. The molecule has 0 saturated heterocycles. The van der Waals surface area contributed by atoms with Gasteiger partial charge in [0.2, 0.25) is 0 Å². The van der Waals surface area contributed by atoms with Gasteiger partial charge in [0.1, 0.15) is 0 Å². The predicted octanol–water partition coefficient (Wildman–Crippen LogP) is 2.70. The number of nitrogens with one attached hydrogen (secondary N) is 1. The molecule has 0 saturated carbocycles. The molecule has 0 bridgehead atoms. The molecule has 1 heterocycles. The molecule has 2 aromatic rings. The zero-order valence-corrected chi connectivity index (χ0v) is 11.6. The molecule has 0 aliphatic heterocycles. The number of nitrogens with zero attached hydrogens (tertiary/aromatic N) is 1. The molecule has 1 aromatic carbocycles. The van der Waals surface area contributed by atoms with Crippen molar-refractivity contribution < 1.29 is 0 Å². The van der Waals surface area contributed by atoms with Crippen LogP contribution in [0, 0.1) is 13.8 Å². The molecule has 18 heavy (non-hydrogen) atoms. The highest BCUT2D eigenvalue weighted by Crippen LogP contribution is 2.13. The van der Waals surface area contributed by atoms with Crippen molar-refractivity contribution in [3.8, 4) is 0 Å². The van der Waals surface area contributed by atoms with E-state index < -0.39 is 0 Å². The maximum absolute atomic E-state index is 11.8. The Morgan fingerprint density at radius 2 is 2.11 bits per heavy atom. The fourth-order valence-corrected chi connectivity index (χ4v) is 2.24. The average Bonchev–Trinajstić information content (AvgIpc) is 2.34. The van der Waals surface area contributed by atoms with Crippen molar-refractivity contribution in [3.05, 3.63) is 57.0 Å². The van der Waals surface area contributed by atoms with Crippen LogP contribution in [0.3, 0.4) is 0 Å². The standard InChI is InChI=1S/C14H16N2OS/c1-9-5-4-6-11(7-9)8-12-10(2)13(17)16-14(15-12)18-3/h4-7H,8H2,1-3H3,(H,15,16,17). The van der Waals surface area contributed by atoms with Crippen molar-refractivity contribution in [3.63, 3.8) is 0 Å². The Hall–Kier alpha value is -1.55. The fraction of sp³-hybridized carbons (Fsp3) is 0.286. The van der Waals surface area contributed by atoms with E-state index in [1.54, 1.807) is 0 Å². The molecule has 1 N–H and O–H groups in total. The molecule has 0 aliphatic rings. The Morgan fingerprint density at radius 1 is 1.33 bits per heavy atom. The molecule has 0 unspecified atom stereocenters. The van der Waals surface area contributed by atoms with E-state index in [2.05, 4.69) is 35.1 Å². The Labute approximate surface area is 111 Å². The van der Waals surface area contributed by atoms with E-state index >= 15 is 0 Å². The summed E-state index contributed by atoms with van der Waals surface area (Å²) in [5.41, 5.74) is 3.92. The summed E-state index contributed by atoms with van der Waals surface area (Å²) in [5, 5.41) is 0.674. The average molecular weight is 260 g/mol. The number of hydrogen-bond donors (Lipinski definition) is 1. The Kier molecular flexibility index (Phi) is 3.87. The first kappa shape index (κ1) is 12.9. The van der Waals surface area contributed by atoms with E-state index in [1.807, 2.05) is 19.2 Å². The first-order valence-corrected chi connectivity index (χ1v) is 7.02. The van der Waals surface area contributed by atoms with Gasteiger partial charge >= 0.3 is 0 Å². The summed E-state index contributed by atoms with van der Waals surface area (Å²) in [6.45, 7) is 3.88. The van der Waals surface area contributed by atoms with Crippen LogP contribution >= 0.6 is 11.8 Å². The number of thioether (sulfide) groups is 1. The SMILES string of the molecule is CSc1nc(Cc2cccc(C)c2)c(C)c(=O)[nH]1. The van der Waals surface area contributed by atoms with Crippen molar-refractivity contribution in [2.24, 2.45) is 0 Å². The van der Waals surface area contributed by atoms with Crippen LogP contribution in [-0.4, -0.2) is 16.2 Å². The Balaban J connectivity index is 2.39. The minimum absolute atomic E-state index is 0.0444. The summed E-state index contributed by atoms with van der Waals surface area (Å²) in [7, 11) is 0. The number of aromatic amines is 1. The lowest BCUT2D eigenvalue weighted by molar-refractivity contribution is 0.860. The zero-order chi connectivity index (χ0) is 13.1. The van der Waals surface area contributed by atoms with E-state index in [1.165, 1.54) is 22.9 Å². The molecule has 0 radical (unpaired) electrons. The maximum Gasteiger partial charge on any atom is 0.254 e. The third-order valence-corrected chi connectivity index (χ3v) is 3.46. The third kappa shape index (κ3) is 2.82. The third-order valence-electron chi connectivity index (χ3n) is 2.88. The normalized spacial score (nSPS) is 10.6. The maximum atomic E-state index is 11.8. The van der Waals surface area contributed by atoms with Gasteiger partial charge in [-0.05, 0) is 25.7 Å². The van der Waals surface area contributed by atoms with Crippen LogP contribution in [0.25, 0.3) is 0 Å². The van der Waals surface area contributed by atoms with Crippen molar-refractivity contribution in [1.29, 1.82) is 0 Å². The van der Waals surface area contributed by atoms with Crippen molar-refractivity contribution in [2.75, 3.05) is 6.26 Å². The fourth-order valence-electron chi connectivity index (χ4n) is 1.84. The molecule has 94 valence electrons. The monoisotopic (exact) mass is 260 g/mol. The highest BCUT2D eigenvalue weighted by atomic mass is 32.2. The van der Waals surface area contributed by atoms with Gasteiger partial charge in [-0.15, -0.1) is 0 Å². The molecule has 1 aromatic heterocycles. The highest BCUT2D eigenvalue weighted by molar-refractivity contribution is 7.98. The summed E-state index contributed by atoms with van der Waals surface area (Å²) in [6, 6.07) is 8.28. The summed E-state index contributed by atoms with van der Waals surface area (Å²) < 4.78 is 0. The van der Waals surface area contributed by atoms with Gasteiger partial charge in [-0.1, -0.05) is 41.6 Å². The number of rotatable bonds is 3. The van der Waals surface area contributed by atoms with Crippen LogP contribution in [0.1, 0.15) is 22.4 Å². The summed E-state index contributed by atoms with van der Waals surface area (Å²) in [4.78, 5) is 19.0. The second-order valence-electron chi connectivity index (χ2n) is 4.31.